The summed E-state index contributed by atoms with van der Waals surface area (Å²) in [5.41, 5.74) is 0. The summed E-state index contributed by atoms with van der Waals surface area (Å²) in [6.45, 7) is 1.64. The highest BCUT2D eigenvalue weighted by Gasteiger charge is 2.27. The molecule has 0 spiro atoms. The molecule has 0 bridgehead atoms. The van der Waals surface area contributed by atoms with Crippen LogP contribution in [0.5, 0.6) is 5.75 Å². The van der Waals surface area contributed by atoms with Crippen LogP contribution in [0.3, 0.4) is 0 Å². The number of rotatable bonds is 4. The van der Waals surface area contributed by atoms with E-state index in [2.05, 4.69) is 0 Å². The van der Waals surface area contributed by atoms with E-state index in [1.807, 2.05) is 6.07 Å². The van der Waals surface area contributed by atoms with E-state index in [9.17, 15) is 13.5 Å². The van der Waals surface area contributed by atoms with Crippen molar-refractivity contribution < 1.29 is 13.5 Å². The van der Waals surface area contributed by atoms with Gasteiger partial charge in [0.25, 0.3) is 0 Å². The van der Waals surface area contributed by atoms with Gasteiger partial charge in [-0.25, -0.2) is 8.42 Å². The molecule has 0 aromatic heterocycles. The Morgan fingerprint density at radius 2 is 2.06 bits per heavy atom. The standard InChI is InChI=1S/C11H14N2O3S/c1-9(7-8-12)13(2)17(15,16)11-6-4-3-5-10(11)14/h3-6,9,14H,7H2,1-2H3. The van der Waals surface area contributed by atoms with Crippen LogP contribution in [0.15, 0.2) is 29.2 Å². The molecule has 0 saturated heterocycles. The van der Waals surface area contributed by atoms with Crippen molar-refractivity contribution in [1.29, 1.82) is 5.26 Å². The van der Waals surface area contributed by atoms with Gasteiger partial charge in [0.15, 0.2) is 0 Å². The number of para-hydroxylation sites is 1. The molecule has 1 aromatic carbocycles. The fourth-order valence-electron chi connectivity index (χ4n) is 1.33. The minimum atomic E-state index is -3.76. The second-order valence-electron chi connectivity index (χ2n) is 3.70. The molecule has 6 heteroatoms. The Morgan fingerprint density at radius 1 is 1.47 bits per heavy atom. The first-order valence-electron chi connectivity index (χ1n) is 5.04. The molecule has 0 amide bonds. The largest absolute Gasteiger partial charge is 0.507 e. The average molecular weight is 254 g/mol. The maximum atomic E-state index is 12.1. The zero-order chi connectivity index (χ0) is 13.1. The molecule has 0 aliphatic rings. The highest BCUT2D eigenvalue weighted by molar-refractivity contribution is 7.89. The monoisotopic (exact) mass is 254 g/mol. The minimum Gasteiger partial charge on any atom is -0.507 e. The van der Waals surface area contributed by atoms with E-state index in [0.29, 0.717) is 0 Å². The van der Waals surface area contributed by atoms with Crippen molar-refractivity contribution in [3.05, 3.63) is 24.3 Å². The number of aromatic hydroxyl groups is 1. The molecule has 1 aromatic rings. The Bertz CT molecular complexity index is 534. The molecule has 1 N–H and O–H groups in total. The molecule has 0 aliphatic carbocycles. The first-order chi connectivity index (χ1) is 7.91. The summed E-state index contributed by atoms with van der Waals surface area (Å²) in [6.07, 6.45) is 0.101. The van der Waals surface area contributed by atoms with Gasteiger partial charge in [-0.2, -0.15) is 9.57 Å². The van der Waals surface area contributed by atoms with Crippen LogP contribution in [-0.2, 0) is 10.0 Å². The van der Waals surface area contributed by atoms with Crippen molar-refractivity contribution in [2.75, 3.05) is 7.05 Å². The normalized spacial score (nSPS) is 13.3. The van der Waals surface area contributed by atoms with Gasteiger partial charge in [-0.15, -0.1) is 0 Å². The summed E-state index contributed by atoms with van der Waals surface area (Å²) < 4.78 is 25.3. The van der Waals surface area contributed by atoms with Crippen molar-refractivity contribution in [2.24, 2.45) is 0 Å². The molecule has 17 heavy (non-hydrogen) atoms. The van der Waals surface area contributed by atoms with Gasteiger partial charge in [-0.05, 0) is 19.1 Å². The van der Waals surface area contributed by atoms with Crippen LogP contribution in [0.2, 0.25) is 0 Å². The third kappa shape index (κ3) is 2.75. The van der Waals surface area contributed by atoms with Gasteiger partial charge in [-0.3, -0.25) is 0 Å². The van der Waals surface area contributed by atoms with E-state index in [0.717, 1.165) is 4.31 Å². The van der Waals surface area contributed by atoms with Crippen LogP contribution < -0.4 is 0 Å². The Hall–Kier alpha value is -1.58. The number of phenols is 1. The number of sulfonamides is 1. The van der Waals surface area contributed by atoms with E-state index < -0.39 is 16.1 Å². The van der Waals surface area contributed by atoms with Gasteiger partial charge >= 0.3 is 0 Å². The van der Waals surface area contributed by atoms with Gasteiger partial charge < -0.3 is 5.11 Å². The number of nitriles is 1. The zero-order valence-electron chi connectivity index (χ0n) is 9.66. The van der Waals surface area contributed by atoms with Gasteiger partial charge in [0.2, 0.25) is 10.0 Å². The molecule has 0 fully saturated rings. The molecule has 1 atom stereocenters. The molecule has 0 aliphatic heterocycles. The second-order valence-corrected chi connectivity index (χ2v) is 5.67. The first kappa shape index (κ1) is 13.5. The molecule has 1 rings (SSSR count). The molecule has 5 nitrogen and oxygen atoms in total. The molecule has 1 unspecified atom stereocenters. The average Bonchev–Trinajstić information content (AvgIpc) is 2.28. The van der Waals surface area contributed by atoms with Gasteiger partial charge in [0, 0.05) is 13.1 Å². The number of phenolic OH excluding ortho intramolecular Hbond substituents is 1. The molecular formula is C11H14N2O3S. The predicted molar refractivity (Wildman–Crippen MR) is 62.7 cm³/mol. The third-order valence-electron chi connectivity index (χ3n) is 2.53. The Morgan fingerprint density at radius 3 is 2.59 bits per heavy atom. The van der Waals surface area contributed by atoms with Crippen LogP contribution in [0.25, 0.3) is 0 Å². The maximum absolute atomic E-state index is 12.1. The number of benzene rings is 1. The lowest BCUT2D eigenvalue weighted by atomic mass is 10.3. The van der Waals surface area contributed by atoms with E-state index in [1.165, 1.54) is 25.2 Å². The molecule has 0 radical (unpaired) electrons. The zero-order valence-corrected chi connectivity index (χ0v) is 10.5. The second kappa shape index (κ2) is 5.17. The van der Waals surface area contributed by atoms with E-state index in [4.69, 9.17) is 5.26 Å². The minimum absolute atomic E-state index is 0.101. The lowest BCUT2D eigenvalue weighted by Gasteiger charge is -2.22. The van der Waals surface area contributed by atoms with Crippen LogP contribution in [0.1, 0.15) is 13.3 Å². The van der Waals surface area contributed by atoms with Crippen molar-refractivity contribution in [3.63, 3.8) is 0 Å². The van der Waals surface area contributed by atoms with Gasteiger partial charge in [0.1, 0.15) is 10.6 Å². The quantitative estimate of drug-likeness (QED) is 0.878. The predicted octanol–water partition coefficient (Wildman–Crippen LogP) is 1.31. The van der Waals surface area contributed by atoms with Crippen molar-refractivity contribution in [2.45, 2.75) is 24.3 Å². The lowest BCUT2D eigenvalue weighted by Crippen LogP contribution is -2.34. The van der Waals surface area contributed by atoms with Gasteiger partial charge in [-0.1, -0.05) is 12.1 Å². The molecule has 0 saturated carbocycles. The Labute approximate surface area is 101 Å². The summed E-state index contributed by atoms with van der Waals surface area (Å²) >= 11 is 0. The highest BCUT2D eigenvalue weighted by Crippen LogP contribution is 2.25. The molecule has 92 valence electrons. The third-order valence-corrected chi connectivity index (χ3v) is 4.55. The molecule has 0 heterocycles. The lowest BCUT2D eigenvalue weighted by molar-refractivity contribution is 0.388. The topological polar surface area (TPSA) is 81.4 Å². The Balaban J connectivity index is 3.13. The smallest absolute Gasteiger partial charge is 0.246 e. The van der Waals surface area contributed by atoms with Crippen molar-refractivity contribution in [1.82, 2.24) is 4.31 Å². The Kier molecular flexibility index (Phi) is 4.10. The van der Waals surface area contributed by atoms with Crippen LogP contribution in [-0.4, -0.2) is 30.9 Å². The van der Waals surface area contributed by atoms with Crippen LogP contribution in [0, 0.1) is 11.3 Å². The fourth-order valence-corrected chi connectivity index (χ4v) is 2.77. The van der Waals surface area contributed by atoms with Crippen LogP contribution >= 0.6 is 0 Å². The summed E-state index contributed by atoms with van der Waals surface area (Å²) in [5, 5.41) is 18.1. The fraction of sp³-hybridized carbons (Fsp3) is 0.364. The molecular weight excluding hydrogens is 240 g/mol. The van der Waals surface area contributed by atoms with E-state index in [-0.39, 0.29) is 17.1 Å². The summed E-state index contributed by atoms with van der Waals surface area (Å²) in [7, 11) is -2.37. The SMILES string of the molecule is CC(CC#N)N(C)S(=O)(=O)c1ccccc1O. The number of hydrogen-bond acceptors (Lipinski definition) is 4. The first-order valence-corrected chi connectivity index (χ1v) is 6.48. The van der Waals surface area contributed by atoms with Crippen LogP contribution in [0.4, 0.5) is 0 Å². The number of hydrogen-bond donors (Lipinski definition) is 1. The highest BCUT2D eigenvalue weighted by atomic mass is 32.2. The van der Waals surface area contributed by atoms with Crippen molar-refractivity contribution >= 4 is 10.0 Å². The maximum Gasteiger partial charge on any atom is 0.246 e. The summed E-state index contributed by atoms with van der Waals surface area (Å²) in [6, 6.07) is 7.21. The summed E-state index contributed by atoms with van der Waals surface area (Å²) in [4.78, 5) is -0.146. The van der Waals surface area contributed by atoms with E-state index >= 15 is 0 Å². The van der Waals surface area contributed by atoms with Crippen molar-refractivity contribution in [3.8, 4) is 11.8 Å². The summed E-state index contributed by atoms with van der Waals surface area (Å²) in [5.74, 6) is -0.288. The van der Waals surface area contributed by atoms with E-state index in [1.54, 1.807) is 13.0 Å². The number of nitrogens with zero attached hydrogens (tertiary/aromatic N) is 2. The van der Waals surface area contributed by atoms with Gasteiger partial charge in [0.05, 0.1) is 12.5 Å².